The van der Waals surface area contributed by atoms with Crippen molar-refractivity contribution in [1.29, 1.82) is 0 Å². The molecule has 0 radical (unpaired) electrons. The van der Waals surface area contributed by atoms with Crippen LogP contribution in [0.5, 0.6) is 11.5 Å². The normalized spacial score (nSPS) is 13.4. The fourth-order valence-corrected chi connectivity index (χ4v) is 9.09. The van der Waals surface area contributed by atoms with Crippen LogP contribution >= 0.6 is 0 Å². The molecule has 6 nitrogen and oxygen atoms in total. The number of benzene rings is 4. The maximum absolute atomic E-state index is 6.62. The van der Waals surface area contributed by atoms with Gasteiger partial charge in [-0.15, -0.1) is 29.7 Å². The van der Waals surface area contributed by atoms with Crippen molar-refractivity contribution in [3.8, 4) is 28.6 Å². The van der Waals surface area contributed by atoms with E-state index in [1.807, 2.05) is 30.6 Å². The van der Waals surface area contributed by atoms with Gasteiger partial charge in [-0.05, 0) is 52.8 Å². The second-order valence-corrected chi connectivity index (χ2v) is 14.4. The van der Waals surface area contributed by atoms with Gasteiger partial charge in [0.2, 0.25) is 0 Å². The Morgan fingerprint density at radius 2 is 1.38 bits per heavy atom. The topological polar surface area (TPSA) is 57.2 Å². The van der Waals surface area contributed by atoms with Crippen molar-refractivity contribution < 1.29 is 25.8 Å². The van der Waals surface area contributed by atoms with Crippen LogP contribution in [0.1, 0.15) is 44.4 Å². The van der Waals surface area contributed by atoms with Crippen molar-refractivity contribution in [2.24, 2.45) is 11.8 Å². The van der Waals surface area contributed by atoms with E-state index in [-0.39, 0.29) is 26.5 Å². The zero-order chi connectivity index (χ0) is 34.6. The van der Waals surface area contributed by atoms with E-state index in [1.165, 1.54) is 27.6 Å². The Kier molecular flexibility index (Phi) is 7.43. The molecule has 0 N–H and O–H groups in total. The maximum Gasteiger partial charge on any atom is 2.00 e. The Morgan fingerprint density at radius 1 is 0.673 bits per heavy atom. The van der Waals surface area contributed by atoms with Gasteiger partial charge in [0.05, 0.1) is 11.3 Å². The third-order valence-corrected chi connectivity index (χ3v) is 11.2. The van der Waals surface area contributed by atoms with Gasteiger partial charge >= 0.3 is 21.1 Å². The Bertz CT molecular complexity index is 2870. The summed E-state index contributed by atoms with van der Waals surface area (Å²) in [6.45, 7) is 11.5. The molecule has 6 heterocycles. The molecule has 4 aromatic carbocycles. The quantitative estimate of drug-likeness (QED) is 0.128. The van der Waals surface area contributed by atoms with E-state index in [2.05, 4.69) is 135 Å². The maximum atomic E-state index is 6.62. The number of ether oxygens (including phenoxy) is 1. The number of para-hydroxylation sites is 1. The van der Waals surface area contributed by atoms with Crippen LogP contribution in [0.25, 0.3) is 66.3 Å². The van der Waals surface area contributed by atoms with Crippen molar-refractivity contribution >= 4 is 49.3 Å². The summed E-state index contributed by atoms with van der Waals surface area (Å²) in [7, 11) is 0. The smallest absolute Gasteiger partial charge is 0.503 e. The first kappa shape index (κ1) is 32.6. The summed E-state index contributed by atoms with van der Waals surface area (Å²) in [4.78, 5) is 14.9. The van der Waals surface area contributed by atoms with Crippen molar-refractivity contribution in [2.75, 3.05) is 0 Å². The van der Waals surface area contributed by atoms with E-state index < -0.39 is 0 Å². The van der Waals surface area contributed by atoms with Gasteiger partial charge in [0, 0.05) is 52.1 Å². The monoisotopic (exact) mass is 856 g/mol. The molecule has 0 unspecified atom stereocenters. The van der Waals surface area contributed by atoms with Crippen LogP contribution in [-0.2, 0) is 26.5 Å². The fraction of sp³-hybridized carbons (Fsp3) is 0.178. The molecule has 0 fully saturated rings. The number of hydrogen-bond acceptors (Lipinski definition) is 4. The Balaban J connectivity index is 0.00000360. The molecule has 1 aliphatic heterocycles. The molecule has 0 aliphatic carbocycles. The number of hydrogen-bond donors (Lipinski definition) is 0. The minimum absolute atomic E-state index is 0. The molecule has 0 atom stereocenters. The number of nitrogens with zero attached hydrogens (tertiary/aromatic N) is 5. The second kappa shape index (κ2) is 11.9. The summed E-state index contributed by atoms with van der Waals surface area (Å²) in [5.41, 5.74) is 9.38. The van der Waals surface area contributed by atoms with Gasteiger partial charge in [-0.25, -0.2) is 9.97 Å². The Labute approximate surface area is 316 Å². The molecule has 10 rings (SSSR count). The average molecular weight is 857 g/mol. The average Bonchev–Trinajstić information content (AvgIpc) is 3.73. The second-order valence-electron chi connectivity index (χ2n) is 14.4. The van der Waals surface area contributed by atoms with Crippen LogP contribution in [0.3, 0.4) is 0 Å². The predicted octanol–water partition coefficient (Wildman–Crippen LogP) is 10.8. The van der Waals surface area contributed by atoms with Crippen LogP contribution in [0.2, 0.25) is 0 Å². The van der Waals surface area contributed by atoms with E-state index in [0.29, 0.717) is 23.3 Å². The summed E-state index contributed by atoms with van der Waals surface area (Å²) in [5.74, 6) is 2.91. The number of aromatic nitrogens is 5. The number of fused-ring (bicyclic) bond motifs is 11. The predicted molar refractivity (Wildman–Crippen MR) is 205 cm³/mol. The van der Waals surface area contributed by atoms with Gasteiger partial charge < -0.3 is 13.7 Å². The molecule has 0 amide bonds. The molecule has 5 aromatic heterocycles. The zero-order valence-electron chi connectivity index (χ0n) is 29.5. The first-order chi connectivity index (χ1) is 24.9. The van der Waals surface area contributed by atoms with E-state index >= 15 is 0 Å². The van der Waals surface area contributed by atoms with Gasteiger partial charge in [0.15, 0.2) is 0 Å². The van der Waals surface area contributed by atoms with Crippen LogP contribution < -0.4 is 4.74 Å². The molecule has 52 heavy (non-hydrogen) atoms. The molecule has 0 saturated heterocycles. The number of aryl methyl sites for hydroxylation is 1. The molecule has 0 saturated carbocycles. The largest absolute Gasteiger partial charge is 2.00 e. The van der Waals surface area contributed by atoms with Crippen molar-refractivity contribution in [2.45, 2.75) is 40.0 Å². The van der Waals surface area contributed by atoms with Gasteiger partial charge in [-0.2, -0.15) is 6.07 Å². The van der Waals surface area contributed by atoms with E-state index in [0.717, 1.165) is 55.4 Å². The third kappa shape index (κ3) is 4.37. The fourth-order valence-electron chi connectivity index (χ4n) is 9.09. The minimum atomic E-state index is -0.177. The zero-order valence-corrected chi connectivity index (χ0v) is 31.8. The first-order valence-corrected chi connectivity index (χ1v) is 17.7. The van der Waals surface area contributed by atoms with Gasteiger partial charge in [0.1, 0.15) is 11.5 Å². The Morgan fingerprint density at radius 3 is 2.19 bits per heavy atom. The van der Waals surface area contributed by atoms with E-state index in [9.17, 15) is 0 Å². The van der Waals surface area contributed by atoms with E-state index in [1.54, 1.807) is 0 Å². The Hall–Kier alpha value is -5.32. The van der Waals surface area contributed by atoms with Crippen molar-refractivity contribution in [3.05, 3.63) is 138 Å². The molecule has 256 valence electrons. The van der Waals surface area contributed by atoms with Crippen LogP contribution in [0, 0.1) is 30.9 Å². The summed E-state index contributed by atoms with van der Waals surface area (Å²) >= 11 is 0. The summed E-state index contributed by atoms with van der Waals surface area (Å²) < 4.78 is 11.0. The van der Waals surface area contributed by atoms with Crippen LogP contribution in [-0.4, -0.2) is 23.9 Å². The standard InChI is InChI=1S/C45H35N5O.Pt/c1-26(2)45(27(3)4)37-15-8-13-34-33-20-18-30(24-40(33)50(41(34)37)44-38(45)16-10-22-47-44)51-29-17-19-32-35-14-9-21-46-42(35)49-25-39(48-43(49)36(32)23-29)31-12-7-6-11-28(31)5;/h6-22,25-27H,1-5H3;/q-2;+2. The number of rotatable bonds is 5. The molecule has 0 spiro atoms. The molecule has 0 bridgehead atoms. The number of pyridine rings is 3. The van der Waals surface area contributed by atoms with Crippen LogP contribution in [0.4, 0.5) is 0 Å². The summed E-state index contributed by atoms with van der Waals surface area (Å²) in [6.07, 6.45) is 5.81. The third-order valence-electron chi connectivity index (χ3n) is 11.2. The van der Waals surface area contributed by atoms with Gasteiger partial charge in [0.25, 0.3) is 0 Å². The molecule has 9 aromatic rings. The first-order valence-electron chi connectivity index (χ1n) is 17.7. The van der Waals surface area contributed by atoms with E-state index in [4.69, 9.17) is 19.7 Å². The summed E-state index contributed by atoms with van der Waals surface area (Å²) in [5, 5.41) is 5.26. The SMILES string of the molecule is Cc1ccccc1-c1cn2c(n1)c1[c-]c(Oc3[c-]c4c(cc3)c3cccc5c3n4-c3ncccc3C5(C(C)C)C(C)C)ccc1c1cccnc12.[Pt+2]. The molecular formula is C45H35N5OPt. The molecular weight excluding hydrogens is 822 g/mol. The van der Waals surface area contributed by atoms with Gasteiger partial charge in [-0.3, -0.25) is 4.98 Å². The summed E-state index contributed by atoms with van der Waals surface area (Å²) in [6, 6.07) is 39.0. The van der Waals surface area contributed by atoms with Crippen molar-refractivity contribution in [1.82, 2.24) is 23.9 Å². The number of imidazole rings is 1. The molecule has 7 heteroatoms. The minimum Gasteiger partial charge on any atom is -0.503 e. The van der Waals surface area contributed by atoms with Gasteiger partial charge in [-0.1, -0.05) is 105 Å². The molecule has 1 aliphatic rings. The van der Waals surface area contributed by atoms with Crippen molar-refractivity contribution in [3.63, 3.8) is 0 Å². The van der Waals surface area contributed by atoms with Crippen LogP contribution in [0.15, 0.2) is 110 Å².